The van der Waals surface area contributed by atoms with Crippen molar-refractivity contribution in [2.24, 2.45) is 13.0 Å². The van der Waals surface area contributed by atoms with Crippen LogP contribution in [0.1, 0.15) is 30.5 Å². The van der Waals surface area contributed by atoms with Crippen LogP contribution in [0.5, 0.6) is 0 Å². The number of fused-ring (bicyclic) bond motifs is 1. The standard InChI is InChI=1S/C21H28N4O2/c1-15(26)25-12-18(16-6-4-3-5-7-16)21-19(25)13-24(9-8-20(21)27)11-17-10-22-14-23(17)2/h3-7,10,14,18-21,27H,8-9,11-13H2,1-2H3/t18-,19+,20+,21-/m0/s1. The van der Waals surface area contributed by atoms with Crippen molar-refractivity contribution in [1.82, 2.24) is 19.4 Å². The average Bonchev–Trinajstić information content (AvgIpc) is 3.19. The van der Waals surface area contributed by atoms with Gasteiger partial charge >= 0.3 is 0 Å². The molecule has 0 bridgehead atoms. The van der Waals surface area contributed by atoms with Crippen molar-refractivity contribution in [2.45, 2.75) is 38.0 Å². The molecule has 0 saturated carbocycles. The number of aryl methyl sites for hydroxylation is 1. The van der Waals surface area contributed by atoms with Crippen LogP contribution in [-0.4, -0.2) is 62.1 Å². The summed E-state index contributed by atoms with van der Waals surface area (Å²) in [6.07, 6.45) is 4.03. The lowest BCUT2D eigenvalue weighted by Gasteiger charge is -2.31. The molecule has 2 fully saturated rings. The first-order chi connectivity index (χ1) is 13.0. The normalized spacial score (nSPS) is 28.8. The number of carbonyl (C=O) groups is 1. The van der Waals surface area contributed by atoms with Gasteiger partial charge in [0, 0.05) is 58.2 Å². The first-order valence-electron chi connectivity index (χ1n) is 9.72. The Morgan fingerprint density at radius 1 is 1.26 bits per heavy atom. The average molecular weight is 368 g/mol. The van der Waals surface area contributed by atoms with Gasteiger partial charge in [0.2, 0.25) is 5.91 Å². The van der Waals surface area contributed by atoms with Gasteiger partial charge in [-0.2, -0.15) is 0 Å². The molecule has 0 aliphatic carbocycles. The van der Waals surface area contributed by atoms with Crippen molar-refractivity contribution in [3.8, 4) is 0 Å². The highest BCUT2D eigenvalue weighted by Crippen LogP contribution is 2.42. The molecule has 1 aromatic carbocycles. The van der Waals surface area contributed by atoms with Crippen LogP contribution in [0.25, 0.3) is 0 Å². The van der Waals surface area contributed by atoms with Crippen LogP contribution in [0.15, 0.2) is 42.9 Å². The summed E-state index contributed by atoms with van der Waals surface area (Å²) in [7, 11) is 2.00. The van der Waals surface area contributed by atoms with Gasteiger partial charge in [0.1, 0.15) is 0 Å². The second-order valence-corrected chi connectivity index (χ2v) is 7.92. The summed E-state index contributed by atoms with van der Waals surface area (Å²) >= 11 is 0. The fourth-order valence-electron chi connectivity index (χ4n) is 4.85. The van der Waals surface area contributed by atoms with Crippen LogP contribution < -0.4 is 0 Å². The van der Waals surface area contributed by atoms with E-state index in [0.29, 0.717) is 6.54 Å². The molecule has 2 saturated heterocycles. The molecule has 0 unspecified atom stereocenters. The third kappa shape index (κ3) is 3.51. The number of amides is 1. The number of likely N-dealkylation sites (tertiary alicyclic amines) is 2. The number of nitrogens with zero attached hydrogens (tertiary/aromatic N) is 4. The minimum Gasteiger partial charge on any atom is -0.393 e. The van der Waals surface area contributed by atoms with Gasteiger partial charge in [-0.15, -0.1) is 0 Å². The van der Waals surface area contributed by atoms with Gasteiger partial charge in [0.25, 0.3) is 0 Å². The Balaban J connectivity index is 1.62. The summed E-state index contributed by atoms with van der Waals surface area (Å²) < 4.78 is 2.03. The fourth-order valence-corrected chi connectivity index (χ4v) is 4.85. The van der Waals surface area contributed by atoms with Gasteiger partial charge in [-0.05, 0) is 12.0 Å². The Kier molecular flexibility index (Phi) is 5.02. The zero-order valence-corrected chi connectivity index (χ0v) is 16.0. The molecular weight excluding hydrogens is 340 g/mol. The van der Waals surface area contributed by atoms with Crippen LogP contribution in [0.2, 0.25) is 0 Å². The number of rotatable bonds is 3. The second kappa shape index (κ2) is 7.44. The third-order valence-corrected chi connectivity index (χ3v) is 6.27. The third-order valence-electron chi connectivity index (χ3n) is 6.27. The number of hydrogen-bond donors (Lipinski definition) is 1. The largest absolute Gasteiger partial charge is 0.393 e. The molecule has 144 valence electrons. The number of benzene rings is 1. The smallest absolute Gasteiger partial charge is 0.219 e. The second-order valence-electron chi connectivity index (χ2n) is 7.92. The summed E-state index contributed by atoms with van der Waals surface area (Å²) in [6, 6.07) is 10.4. The lowest BCUT2D eigenvalue weighted by atomic mass is 9.81. The van der Waals surface area contributed by atoms with Crippen LogP contribution in [-0.2, 0) is 18.4 Å². The van der Waals surface area contributed by atoms with Crippen molar-refractivity contribution in [3.63, 3.8) is 0 Å². The molecule has 1 N–H and O–H groups in total. The number of carbonyl (C=O) groups excluding carboxylic acids is 1. The van der Waals surface area contributed by atoms with E-state index in [1.165, 1.54) is 5.56 Å². The molecule has 3 heterocycles. The van der Waals surface area contributed by atoms with E-state index in [1.54, 1.807) is 6.92 Å². The molecule has 27 heavy (non-hydrogen) atoms. The molecule has 1 amide bonds. The topological polar surface area (TPSA) is 61.6 Å². The molecule has 0 spiro atoms. The molecule has 4 rings (SSSR count). The van der Waals surface area contributed by atoms with Crippen molar-refractivity contribution < 1.29 is 9.90 Å². The number of hydrogen-bond acceptors (Lipinski definition) is 4. The van der Waals surface area contributed by atoms with Crippen LogP contribution in [0, 0.1) is 5.92 Å². The van der Waals surface area contributed by atoms with Gasteiger partial charge in [-0.3, -0.25) is 9.69 Å². The Hall–Kier alpha value is -2.18. The SMILES string of the molecule is CC(=O)N1C[C@@H](c2ccccc2)[C@@H]2[C@H](O)CCN(Cc3cncn3C)C[C@H]21. The molecule has 6 heteroatoms. The van der Waals surface area contributed by atoms with Crippen LogP contribution >= 0.6 is 0 Å². The highest BCUT2D eigenvalue weighted by atomic mass is 16.3. The lowest BCUT2D eigenvalue weighted by molar-refractivity contribution is -0.130. The van der Waals surface area contributed by atoms with E-state index < -0.39 is 6.10 Å². The number of aliphatic hydroxyl groups is 1. The quantitative estimate of drug-likeness (QED) is 0.894. The summed E-state index contributed by atoms with van der Waals surface area (Å²) in [5.74, 6) is 0.359. The minimum atomic E-state index is -0.402. The van der Waals surface area contributed by atoms with Crippen LogP contribution in [0.4, 0.5) is 0 Å². The first-order valence-corrected chi connectivity index (χ1v) is 9.72. The summed E-state index contributed by atoms with van der Waals surface area (Å²) in [4.78, 5) is 20.9. The van der Waals surface area contributed by atoms with E-state index in [0.717, 1.165) is 31.7 Å². The van der Waals surface area contributed by atoms with Gasteiger partial charge in [0.15, 0.2) is 0 Å². The number of imidazole rings is 1. The molecule has 6 nitrogen and oxygen atoms in total. The zero-order valence-electron chi connectivity index (χ0n) is 16.0. The Labute approximate surface area is 160 Å². The van der Waals surface area contributed by atoms with E-state index >= 15 is 0 Å². The van der Waals surface area contributed by atoms with E-state index in [2.05, 4.69) is 22.0 Å². The number of aromatic nitrogens is 2. The Morgan fingerprint density at radius 3 is 2.70 bits per heavy atom. The van der Waals surface area contributed by atoms with Crippen molar-refractivity contribution in [2.75, 3.05) is 19.6 Å². The van der Waals surface area contributed by atoms with Gasteiger partial charge < -0.3 is 14.6 Å². The fraction of sp³-hybridized carbons (Fsp3) is 0.524. The van der Waals surface area contributed by atoms with Gasteiger partial charge in [-0.25, -0.2) is 4.98 Å². The summed E-state index contributed by atoms with van der Waals surface area (Å²) in [6.45, 7) is 4.73. The molecule has 0 radical (unpaired) electrons. The van der Waals surface area contributed by atoms with Crippen LogP contribution in [0.3, 0.4) is 0 Å². The summed E-state index contributed by atoms with van der Waals surface area (Å²) in [5.41, 5.74) is 2.37. The van der Waals surface area contributed by atoms with Crippen molar-refractivity contribution in [1.29, 1.82) is 0 Å². The molecule has 2 aliphatic rings. The maximum Gasteiger partial charge on any atom is 0.219 e. The molecule has 2 aliphatic heterocycles. The van der Waals surface area contributed by atoms with Crippen molar-refractivity contribution >= 4 is 5.91 Å². The first kappa shape index (κ1) is 18.2. The highest BCUT2D eigenvalue weighted by Gasteiger charge is 2.48. The van der Waals surface area contributed by atoms with Crippen molar-refractivity contribution in [3.05, 3.63) is 54.1 Å². The summed E-state index contributed by atoms with van der Waals surface area (Å²) in [5, 5.41) is 11.0. The number of aliphatic hydroxyl groups excluding tert-OH is 1. The minimum absolute atomic E-state index is 0.0402. The Bertz CT molecular complexity index is 790. The molecule has 2 aromatic rings. The van der Waals surface area contributed by atoms with E-state index in [1.807, 2.05) is 47.2 Å². The van der Waals surface area contributed by atoms with E-state index in [-0.39, 0.29) is 23.8 Å². The zero-order chi connectivity index (χ0) is 19.0. The van der Waals surface area contributed by atoms with Gasteiger partial charge in [-0.1, -0.05) is 30.3 Å². The predicted octanol–water partition coefficient (Wildman–Crippen LogP) is 1.62. The Morgan fingerprint density at radius 2 is 2.04 bits per heavy atom. The van der Waals surface area contributed by atoms with Gasteiger partial charge in [0.05, 0.1) is 24.2 Å². The molecule has 1 aromatic heterocycles. The monoisotopic (exact) mass is 368 g/mol. The maximum absolute atomic E-state index is 12.4. The molecule has 4 atom stereocenters. The molecular formula is C21H28N4O2. The van der Waals surface area contributed by atoms with E-state index in [9.17, 15) is 9.90 Å². The predicted molar refractivity (Wildman–Crippen MR) is 103 cm³/mol. The van der Waals surface area contributed by atoms with E-state index in [4.69, 9.17) is 0 Å². The lowest BCUT2D eigenvalue weighted by Crippen LogP contribution is -2.44. The highest BCUT2D eigenvalue weighted by molar-refractivity contribution is 5.74. The maximum atomic E-state index is 12.4.